The van der Waals surface area contributed by atoms with Crippen molar-refractivity contribution in [3.63, 3.8) is 0 Å². The van der Waals surface area contributed by atoms with Crippen LogP contribution in [0.5, 0.6) is 0 Å². The van der Waals surface area contributed by atoms with Gasteiger partial charge in [-0.05, 0) is 19.1 Å². The first-order chi connectivity index (χ1) is 12.1. The van der Waals surface area contributed by atoms with Gasteiger partial charge in [-0.15, -0.1) is 17.5 Å². The van der Waals surface area contributed by atoms with Crippen molar-refractivity contribution in [1.29, 1.82) is 0 Å². The van der Waals surface area contributed by atoms with Crippen molar-refractivity contribution in [2.45, 2.75) is 6.92 Å². The summed E-state index contributed by atoms with van der Waals surface area (Å²) in [4.78, 5) is 18.8. The van der Waals surface area contributed by atoms with E-state index in [1.807, 2.05) is 0 Å². The second-order valence-corrected chi connectivity index (χ2v) is 6.63. The Hall–Kier alpha value is -1.38. The molecule has 10 heteroatoms. The lowest BCUT2D eigenvalue weighted by Crippen LogP contribution is -2.46. The summed E-state index contributed by atoms with van der Waals surface area (Å²) in [5, 5.41) is 11.3. The fourth-order valence-electron chi connectivity index (χ4n) is 2.73. The Kier molecular flexibility index (Phi) is 7.67. The van der Waals surface area contributed by atoms with Crippen molar-refractivity contribution in [3.8, 4) is 5.69 Å². The van der Waals surface area contributed by atoms with Crippen molar-refractivity contribution >= 4 is 41.5 Å². The van der Waals surface area contributed by atoms with Crippen molar-refractivity contribution < 1.29 is 4.79 Å². The molecule has 0 bridgehead atoms. The molecule has 2 heterocycles. The highest BCUT2D eigenvalue weighted by atomic mass is 35.5. The Bertz CT molecular complexity index is 740. The van der Waals surface area contributed by atoms with E-state index in [4.69, 9.17) is 23.2 Å². The normalized spacial score (nSPS) is 14.7. The third kappa shape index (κ3) is 4.86. The van der Waals surface area contributed by atoms with Gasteiger partial charge in [0.2, 0.25) is 5.82 Å². The number of nitrogens with zero attached hydrogens (tertiary/aromatic N) is 4. The molecule has 1 fully saturated rings. The molecule has 142 valence electrons. The van der Waals surface area contributed by atoms with Gasteiger partial charge in [-0.25, -0.2) is 9.67 Å². The lowest BCUT2D eigenvalue weighted by Gasteiger charge is -2.26. The second-order valence-electron chi connectivity index (χ2n) is 5.81. The molecule has 0 spiro atoms. The average Bonchev–Trinajstić information content (AvgIpc) is 2.97. The molecule has 0 radical (unpaired) electrons. The maximum Gasteiger partial charge on any atom is 0.291 e. The van der Waals surface area contributed by atoms with Gasteiger partial charge in [-0.3, -0.25) is 9.69 Å². The first kappa shape index (κ1) is 20.9. The fourth-order valence-corrected chi connectivity index (χ4v) is 3.29. The number of piperazine rings is 1. The van der Waals surface area contributed by atoms with Gasteiger partial charge in [0.25, 0.3) is 5.91 Å². The Morgan fingerprint density at radius 2 is 1.92 bits per heavy atom. The molecule has 1 amide bonds. The van der Waals surface area contributed by atoms with Crippen LogP contribution in [0, 0.1) is 6.92 Å². The average molecular weight is 420 g/mol. The highest BCUT2D eigenvalue weighted by Gasteiger charge is 2.18. The van der Waals surface area contributed by atoms with Gasteiger partial charge in [-0.1, -0.05) is 29.3 Å². The van der Waals surface area contributed by atoms with E-state index in [1.54, 1.807) is 25.1 Å². The van der Waals surface area contributed by atoms with Gasteiger partial charge < -0.3 is 10.6 Å². The number of aromatic nitrogens is 3. The van der Waals surface area contributed by atoms with Crippen LogP contribution in [0.15, 0.2) is 18.2 Å². The Balaban J connectivity index is 0.00000243. The third-order valence-corrected chi connectivity index (χ3v) is 4.65. The minimum Gasteiger partial charge on any atom is -0.348 e. The van der Waals surface area contributed by atoms with Gasteiger partial charge in [0.1, 0.15) is 11.5 Å². The molecule has 0 atom stereocenters. The number of nitrogens with one attached hydrogen (secondary N) is 2. The van der Waals surface area contributed by atoms with E-state index in [-0.39, 0.29) is 24.1 Å². The number of hydrogen-bond acceptors (Lipinski definition) is 5. The Morgan fingerprint density at radius 1 is 1.27 bits per heavy atom. The summed E-state index contributed by atoms with van der Waals surface area (Å²) in [6, 6.07) is 5.19. The van der Waals surface area contributed by atoms with E-state index >= 15 is 0 Å². The highest BCUT2D eigenvalue weighted by Crippen LogP contribution is 2.28. The summed E-state index contributed by atoms with van der Waals surface area (Å²) >= 11 is 12.4. The van der Waals surface area contributed by atoms with Crippen LogP contribution in [-0.2, 0) is 0 Å². The Labute approximate surface area is 168 Å². The number of para-hydroxylation sites is 1. The molecule has 2 aromatic rings. The molecule has 26 heavy (non-hydrogen) atoms. The number of halogens is 3. The minimum atomic E-state index is -0.305. The SMILES string of the molecule is Cc1nc(C(=O)NCCN2CCNCC2)nn1-c1c(Cl)cccc1Cl.Cl. The van der Waals surface area contributed by atoms with Crippen molar-refractivity contribution in [1.82, 2.24) is 30.3 Å². The maximum atomic E-state index is 12.3. The number of rotatable bonds is 5. The quantitative estimate of drug-likeness (QED) is 0.775. The van der Waals surface area contributed by atoms with Crippen LogP contribution < -0.4 is 10.6 Å². The smallest absolute Gasteiger partial charge is 0.291 e. The molecule has 0 aliphatic carbocycles. The van der Waals surface area contributed by atoms with Crippen LogP contribution >= 0.6 is 35.6 Å². The molecule has 0 saturated carbocycles. The molecule has 7 nitrogen and oxygen atoms in total. The van der Waals surface area contributed by atoms with Gasteiger partial charge in [0, 0.05) is 39.3 Å². The molecule has 1 aliphatic rings. The zero-order chi connectivity index (χ0) is 17.8. The summed E-state index contributed by atoms with van der Waals surface area (Å²) < 4.78 is 1.50. The van der Waals surface area contributed by atoms with Crippen LogP contribution in [0.1, 0.15) is 16.4 Å². The highest BCUT2D eigenvalue weighted by molar-refractivity contribution is 6.37. The molecule has 1 aromatic carbocycles. The number of aryl methyl sites for hydroxylation is 1. The summed E-state index contributed by atoms with van der Waals surface area (Å²) in [7, 11) is 0. The topological polar surface area (TPSA) is 75.1 Å². The molecular weight excluding hydrogens is 399 g/mol. The van der Waals surface area contributed by atoms with Gasteiger partial charge >= 0.3 is 0 Å². The number of benzene rings is 1. The molecule has 0 unspecified atom stereocenters. The molecule has 1 saturated heterocycles. The zero-order valence-corrected chi connectivity index (χ0v) is 16.7. The van der Waals surface area contributed by atoms with Crippen LogP contribution in [0.2, 0.25) is 10.0 Å². The molecule has 2 N–H and O–H groups in total. The van der Waals surface area contributed by atoms with Crippen molar-refractivity contribution in [3.05, 3.63) is 39.9 Å². The van der Waals surface area contributed by atoms with Crippen LogP contribution in [-0.4, -0.2) is 64.8 Å². The van der Waals surface area contributed by atoms with E-state index < -0.39 is 0 Å². The van der Waals surface area contributed by atoms with Gasteiger partial charge in [-0.2, -0.15) is 0 Å². The van der Waals surface area contributed by atoms with Crippen LogP contribution in [0.4, 0.5) is 0 Å². The van der Waals surface area contributed by atoms with E-state index in [1.165, 1.54) is 4.68 Å². The van der Waals surface area contributed by atoms with Crippen molar-refractivity contribution in [2.75, 3.05) is 39.3 Å². The standard InChI is InChI=1S/C16H20Cl2N6O.ClH/c1-11-21-15(16(25)20-7-10-23-8-5-19-6-9-23)22-24(11)14-12(17)3-2-4-13(14)18;/h2-4,19H,5-10H2,1H3,(H,20,25);1H. The number of carbonyl (C=O) groups is 1. The first-order valence-corrected chi connectivity index (χ1v) is 8.91. The van der Waals surface area contributed by atoms with Gasteiger partial charge in [0.05, 0.1) is 10.0 Å². The maximum absolute atomic E-state index is 12.3. The number of amides is 1. The van der Waals surface area contributed by atoms with E-state index in [0.717, 1.165) is 32.7 Å². The molecular formula is C16H21Cl3N6O. The Morgan fingerprint density at radius 3 is 2.58 bits per heavy atom. The monoisotopic (exact) mass is 418 g/mol. The minimum absolute atomic E-state index is 0. The fraction of sp³-hybridized carbons (Fsp3) is 0.438. The van der Waals surface area contributed by atoms with E-state index in [0.29, 0.717) is 28.1 Å². The molecule has 1 aliphatic heterocycles. The summed E-state index contributed by atoms with van der Waals surface area (Å²) in [5.41, 5.74) is 0.524. The molecule has 3 rings (SSSR count). The number of hydrogen-bond donors (Lipinski definition) is 2. The summed E-state index contributed by atoms with van der Waals surface area (Å²) in [5.74, 6) is 0.344. The number of carbonyl (C=O) groups excluding carboxylic acids is 1. The van der Waals surface area contributed by atoms with Crippen LogP contribution in [0.25, 0.3) is 5.69 Å². The largest absolute Gasteiger partial charge is 0.348 e. The predicted molar refractivity (Wildman–Crippen MR) is 105 cm³/mol. The second kappa shape index (κ2) is 9.53. The van der Waals surface area contributed by atoms with Gasteiger partial charge in [0.15, 0.2) is 0 Å². The summed E-state index contributed by atoms with van der Waals surface area (Å²) in [6.45, 7) is 7.07. The first-order valence-electron chi connectivity index (χ1n) is 8.15. The zero-order valence-electron chi connectivity index (χ0n) is 14.3. The molecule has 1 aromatic heterocycles. The predicted octanol–water partition coefficient (Wildman–Crippen LogP) is 1.94. The van der Waals surface area contributed by atoms with E-state index in [9.17, 15) is 4.79 Å². The third-order valence-electron chi connectivity index (χ3n) is 4.04. The van der Waals surface area contributed by atoms with Crippen LogP contribution in [0.3, 0.4) is 0 Å². The lowest BCUT2D eigenvalue weighted by molar-refractivity contribution is 0.0937. The van der Waals surface area contributed by atoms with E-state index in [2.05, 4.69) is 25.6 Å². The lowest BCUT2D eigenvalue weighted by atomic mass is 10.3. The van der Waals surface area contributed by atoms with Crippen molar-refractivity contribution in [2.24, 2.45) is 0 Å². The summed E-state index contributed by atoms with van der Waals surface area (Å²) in [6.07, 6.45) is 0.